The minimum absolute atomic E-state index is 0.0790. The average Bonchev–Trinajstić information content (AvgIpc) is 2.79. The van der Waals surface area contributed by atoms with Crippen molar-refractivity contribution in [1.82, 2.24) is 4.98 Å². The topological polar surface area (TPSA) is 48.4 Å². The molecule has 16 heavy (non-hydrogen) atoms. The minimum Gasteiger partial charge on any atom is -0.350 e. The first kappa shape index (κ1) is 11.5. The number of rotatable bonds is 4. The highest BCUT2D eigenvalue weighted by Crippen LogP contribution is 2.17. The van der Waals surface area contributed by atoms with Crippen LogP contribution in [0.4, 0.5) is 0 Å². The third-order valence-corrected chi connectivity index (χ3v) is 2.63. The molecule has 0 bridgehead atoms. The summed E-state index contributed by atoms with van der Waals surface area (Å²) < 4.78 is 10.5. The molecule has 5 heteroatoms. The lowest BCUT2D eigenvalue weighted by Crippen LogP contribution is -2.11. The van der Waals surface area contributed by atoms with Crippen LogP contribution in [-0.4, -0.2) is 30.3 Å². The van der Waals surface area contributed by atoms with Gasteiger partial charge in [0.1, 0.15) is 5.69 Å². The number of hydrogen-bond acceptors (Lipinski definition) is 4. The molecule has 2 heterocycles. The fourth-order valence-electron chi connectivity index (χ4n) is 1.53. The number of aromatic nitrogens is 1. The number of nitrogens with zero attached hydrogens (tertiary/aromatic N) is 1. The van der Waals surface area contributed by atoms with Crippen molar-refractivity contribution in [2.24, 2.45) is 0 Å². The van der Waals surface area contributed by atoms with E-state index in [0.29, 0.717) is 36.8 Å². The first-order valence-corrected chi connectivity index (χ1v) is 5.52. The van der Waals surface area contributed by atoms with Crippen molar-refractivity contribution in [3.63, 3.8) is 0 Å². The molecule has 0 aromatic carbocycles. The van der Waals surface area contributed by atoms with Crippen LogP contribution < -0.4 is 0 Å². The maximum Gasteiger partial charge on any atom is 0.182 e. The Morgan fingerprint density at radius 3 is 2.94 bits per heavy atom. The second-order valence-electron chi connectivity index (χ2n) is 3.47. The lowest BCUT2D eigenvalue weighted by molar-refractivity contribution is -0.0464. The van der Waals surface area contributed by atoms with Crippen LogP contribution in [0.5, 0.6) is 0 Å². The average molecular weight is 242 g/mol. The van der Waals surface area contributed by atoms with Crippen LogP contribution in [-0.2, 0) is 9.47 Å². The molecular formula is C11H12ClNO3. The highest BCUT2D eigenvalue weighted by molar-refractivity contribution is 6.33. The van der Waals surface area contributed by atoms with Gasteiger partial charge in [-0.05, 0) is 12.1 Å². The van der Waals surface area contributed by atoms with E-state index in [0.717, 1.165) is 0 Å². The number of hydrogen-bond donors (Lipinski definition) is 0. The Labute approximate surface area is 98.5 Å². The maximum absolute atomic E-state index is 11.8. The molecular weight excluding hydrogens is 230 g/mol. The van der Waals surface area contributed by atoms with Crippen LogP contribution in [0.3, 0.4) is 0 Å². The number of pyridine rings is 1. The summed E-state index contributed by atoms with van der Waals surface area (Å²) in [5, 5.41) is 0.390. The molecule has 0 radical (unpaired) electrons. The Morgan fingerprint density at radius 2 is 2.25 bits per heavy atom. The highest BCUT2D eigenvalue weighted by Gasteiger charge is 2.19. The molecule has 1 aliphatic heterocycles. The normalized spacial score (nSPS) is 16.6. The second-order valence-corrected chi connectivity index (χ2v) is 3.87. The Balaban J connectivity index is 1.90. The van der Waals surface area contributed by atoms with E-state index in [-0.39, 0.29) is 12.1 Å². The van der Waals surface area contributed by atoms with Gasteiger partial charge in [-0.1, -0.05) is 11.6 Å². The summed E-state index contributed by atoms with van der Waals surface area (Å²) in [4.78, 5) is 15.7. The number of ether oxygens (including phenoxy) is 2. The Morgan fingerprint density at radius 1 is 1.50 bits per heavy atom. The Hall–Kier alpha value is -0.970. The van der Waals surface area contributed by atoms with Gasteiger partial charge >= 0.3 is 0 Å². The van der Waals surface area contributed by atoms with Gasteiger partial charge in [-0.2, -0.15) is 0 Å². The van der Waals surface area contributed by atoms with Crippen LogP contribution in [0.2, 0.25) is 5.02 Å². The number of Topliss-reactive ketones (excluding diaryl/α,β-unsaturated/α-hetero) is 1. The van der Waals surface area contributed by atoms with Gasteiger partial charge in [-0.3, -0.25) is 9.78 Å². The monoisotopic (exact) mass is 241 g/mol. The van der Waals surface area contributed by atoms with Crippen LogP contribution >= 0.6 is 11.6 Å². The van der Waals surface area contributed by atoms with E-state index in [1.165, 1.54) is 0 Å². The first-order valence-electron chi connectivity index (χ1n) is 5.14. The number of carbonyl (C=O) groups is 1. The van der Waals surface area contributed by atoms with Crippen molar-refractivity contribution >= 4 is 17.4 Å². The summed E-state index contributed by atoms with van der Waals surface area (Å²) in [7, 11) is 0. The molecule has 0 N–H and O–H groups in total. The van der Waals surface area contributed by atoms with Crippen LogP contribution in [0.1, 0.15) is 23.3 Å². The zero-order valence-corrected chi connectivity index (χ0v) is 9.44. The molecule has 0 saturated carbocycles. The van der Waals surface area contributed by atoms with E-state index in [1.807, 2.05) is 0 Å². The van der Waals surface area contributed by atoms with Crippen LogP contribution in [0, 0.1) is 0 Å². The summed E-state index contributed by atoms with van der Waals surface area (Å²) in [6, 6.07) is 3.35. The summed E-state index contributed by atoms with van der Waals surface area (Å²) in [5.41, 5.74) is 0.321. The van der Waals surface area contributed by atoms with Gasteiger partial charge in [-0.15, -0.1) is 0 Å². The van der Waals surface area contributed by atoms with Crippen molar-refractivity contribution in [2.75, 3.05) is 13.2 Å². The molecule has 86 valence electrons. The van der Waals surface area contributed by atoms with Gasteiger partial charge in [0.2, 0.25) is 0 Å². The van der Waals surface area contributed by atoms with Gasteiger partial charge < -0.3 is 9.47 Å². The molecule has 4 nitrogen and oxygen atoms in total. The van der Waals surface area contributed by atoms with Crippen molar-refractivity contribution in [2.45, 2.75) is 19.1 Å². The minimum atomic E-state index is -0.258. The molecule has 1 saturated heterocycles. The lowest BCUT2D eigenvalue weighted by atomic mass is 10.1. The van der Waals surface area contributed by atoms with Gasteiger partial charge in [-0.25, -0.2) is 0 Å². The smallest absolute Gasteiger partial charge is 0.182 e. The molecule has 0 amide bonds. The molecule has 0 aliphatic carbocycles. The fourth-order valence-corrected chi connectivity index (χ4v) is 1.76. The summed E-state index contributed by atoms with van der Waals surface area (Å²) in [6.45, 7) is 1.20. The van der Waals surface area contributed by atoms with E-state index in [9.17, 15) is 4.79 Å². The van der Waals surface area contributed by atoms with E-state index in [2.05, 4.69) is 4.98 Å². The maximum atomic E-state index is 11.8. The standard InChI is InChI=1S/C11H12ClNO3/c12-8-2-1-5-13-11(8)9(14)3-4-10-15-6-7-16-10/h1-2,5,10H,3-4,6-7H2. The SMILES string of the molecule is O=C(CCC1OCCO1)c1ncccc1Cl. The Kier molecular flexibility index (Phi) is 3.88. The highest BCUT2D eigenvalue weighted by atomic mass is 35.5. The third-order valence-electron chi connectivity index (χ3n) is 2.32. The number of ketones is 1. The molecule has 0 atom stereocenters. The molecule has 0 spiro atoms. The van der Waals surface area contributed by atoms with Crippen molar-refractivity contribution in [1.29, 1.82) is 0 Å². The molecule has 1 aliphatic rings. The van der Waals surface area contributed by atoms with Crippen molar-refractivity contribution in [3.8, 4) is 0 Å². The van der Waals surface area contributed by atoms with Crippen LogP contribution in [0.15, 0.2) is 18.3 Å². The second kappa shape index (κ2) is 5.39. The van der Waals surface area contributed by atoms with E-state index in [4.69, 9.17) is 21.1 Å². The largest absolute Gasteiger partial charge is 0.350 e. The summed E-state index contributed by atoms with van der Waals surface area (Å²) in [5.74, 6) is -0.0790. The van der Waals surface area contributed by atoms with Crippen LogP contribution in [0.25, 0.3) is 0 Å². The zero-order chi connectivity index (χ0) is 11.4. The number of halogens is 1. The zero-order valence-electron chi connectivity index (χ0n) is 8.69. The molecule has 2 rings (SSSR count). The quantitative estimate of drug-likeness (QED) is 0.758. The first-order chi connectivity index (χ1) is 7.77. The van der Waals surface area contributed by atoms with Crippen molar-refractivity contribution < 1.29 is 14.3 Å². The predicted molar refractivity (Wildman–Crippen MR) is 58.5 cm³/mol. The molecule has 1 aromatic rings. The summed E-state index contributed by atoms with van der Waals surface area (Å²) >= 11 is 5.87. The number of carbonyl (C=O) groups excluding carboxylic acids is 1. The molecule has 1 fully saturated rings. The van der Waals surface area contributed by atoms with Gasteiger partial charge in [0, 0.05) is 19.0 Å². The van der Waals surface area contributed by atoms with Gasteiger partial charge in [0.05, 0.1) is 18.2 Å². The van der Waals surface area contributed by atoms with E-state index < -0.39 is 0 Å². The van der Waals surface area contributed by atoms with Gasteiger partial charge in [0.25, 0.3) is 0 Å². The fraction of sp³-hybridized carbons (Fsp3) is 0.455. The Bertz CT molecular complexity index is 377. The van der Waals surface area contributed by atoms with Crippen molar-refractivity contribution in [3.05, 3.63) is 29.0 Å². The van der Waals surface area contributed by atoms with Gasteiger partial charge in [0.15, 0.2) is 12.1 Å². The predicted octanol–water partition coefficient (Wildman–Crippen LogP) is 2.07. The van der Waals surface area contributed by atoms with E-state index in [1.54, 1.807) is 18.3 Å². The third kappa shape index (κ3) is 2.78. The van der Waals surface area contributed by atoms with E-state index >= 15 is 0 Å². The lowest BCUT2D eigenvalue weighted by Gasteiger charge is -2.07. The summed E-state index contributed by atoms with van der Waals surface area (Å²) in [6.07, 6.45) is 2.18. The molecule has 1 aromatic heterocycles. The molecule has 0 unspecified atom stereocenters.